The van der Waals surface area contributed by atoms with E-state index in [2.05, 4.69) is 141 Å². The van der Waals surface area contributed by atoms with Crippen molar-refractivity contribution in [2.45, 2.75) is 137 Å². The molecule has 0 aliphatic heterocycles. The highest BCUT2D eigenvalue weighted by molar-refractivity contribution is 14.1. The van der Waals surface area contributed by atoms with Gasteiger partial charge in [-0.25, -0.2) is 0 Å². The summed E-state index contributed by atoms with van der Waals surface area (Å²) in [6, 6.07) is 0. The lowest BCUT2D eigenvalue weighted by molar-refractivity contribution is -0.190. The van der Waals surface area contributed by atoms with Gasteiger partial charge in [-0.05, 0) is 98.6 Å². The monoisotopic (exact) mass is 767 g/mol. The molecule has 0 radical (unpaired) electrons. The van der Waals surface area contributed by atoms with Gasteiger partial charge in [-0.2, -0.15) is 0 Å². The van der Waals surface area contributed by atoms with E-state index in [1.807, 2.05) is 7.05 Å². The molecule has 8 heteroatoms. The summed E-state index contributed by atoms with van der Waals surface area (Å²) in [6.45, 7) is 30.3. The largest absolute Gasteiger partial charge is 0.378 e. The molecule has 0 rings (SSSR count). The number of hydrogen-bond donors (Lipinski definition) is 3. The molecule has 0 aromatic rings. The molecule has 0 heterocycles. The smallest absolute Gasteiger partial charge is 0.0708 e. The first-order chi connectivity index (χ1) is 17.5. The predicted octanol–water partition coefficient (Wildman–Crippen LogP) is 7.72. The van der Waals surface area contributed by atoms with Gasteiger partial charge in [0.1, 0.15) is 0 Å². The van der Waals surface area contributed by atoms with Crippen LogP contribution in [0.15, 0.2) is 0 Å². The minimum atomic E-state index is -0.340. The molecule has 0 amide bonds. The minimum absolute atomic E-state index is 0.0123. The van der Waals surface area contributed by atoms with Gasteiger partial charge in [-0.3, -0.25) is 7.06 Å². The van der Waals surface area contributed by atoms with Crippen molar-refractivity contribution in [2.75, 3.05) is 33.4 Å². The molecule has 0 aromatic carbocycles. The normalized spacial score (nSPS) is 21.6. The maximum absolute atomic E-state index is 6.96. The number of ether oxygens (including phenoxy) is 3. The molecule has 8 unspecified atom stereocenters. The summed E-state index contributed by atoms with van der Waals surface area (Å²) in [6.07, 6.45) is 3.90. The van der Waals surface area contributed by atoms with Gasteiger partial charge in [-0.15, -0.1) is 0 Å². The zero-order valence-electron chi connectivity index (χ0n) is 27.0. The second-order valence-electron chi connectivity index (χ2n) is 13.0. The van der Waals surface area contributed by atoms with Crippen LogP contribution in [0.5, 0.6) is 0 Å². The molecule has 0 fully saturated rings. The predicted molar refractivity (Wildman–Crippen MR) is 181 cm³/mol. The topological polar surface area (TPSA) is 63.8 Å². The number of hydrogen-bond acceptors (Lipinski definition) is 6. The Hall–Kier alpha value is 1.22. The van der Waals surface area contributed by atoms with E-state index >= 15 is 0 Å². The zero-order valence-corrected chi connectivity index (χ0v) is 31.3. The van der Waals surface area contributed by atoms with Crippen LogP contribution >= 0.6 is 45.7 Å². The average Bonchev–Trinajstić information content (AvgIpc) is 2.91. The molecule has 0 spiro atoms. The Bertz CT molecular complexity index is 638. The van der Waals surface area contributed by atoms with E-state index in [-0.39, 0.29) is 34.3 Å². The Morgan fingerprint density at radius 3 is 1.61 bits per heavy atom. The van der Waals surface area contributed by atoms with Crippen molar-refractivity contribution < 1.29 is 14.2 Å². The lowest BCUT2D eigenvalue weighted by Crippen LogP contribution is -2.55. The van der Waals surface area contributed by atoms with Crippen LogP contribution in [0, 0.1) is 23.7 Å². The van der Waals surface area contributed by atoms with E-state index in [0.29, 0.717) is 31.0 Å². The minimum Gasteiger partial charge on any atom is -0.378 e. The standard InChI is InChI=1S/C30H63I2N3O3/c1-14-28(10,35-32)24(6)21-38-30(12,16-3)26(17-25(7)36-19-22(4)18-33-13)29(11,15-2)37-20-23(5)27(8,9)34-31/h22-26,33-35H,14-21H2,1-13H3. The molecule has 0 aliphatic rings. The number of rotatable bonds is 22. The van der Waals surface area contributed by atoms with Crippen molar-refractivity contribution in [3.63, 3.8) is 0 Å². The number of nitrogens with one attached hydrogen (secondary N) is 3. The first-order valence-corrected chi connectivity index (χ1v) is 17.0. The summed E-state index contributed by atoms with van der Waals surface area (Å²) in [4.78, 5) is 0. The van der Waals surface area contributed by atoms with Gasteiger partial charge in [0.25, 0.3) is 0 Å². The van der Waals surface area contributed by atoms with E-state index in [4.69, 9.17) is 14.2 Å². The van der Waals surface area contributed by atoms with Crippen LogP contribution < -0.4 is 12.4 Å². The third kappa shape index (κ3) is 11.8. The first kappa shape index (κ1) is 39.2. The summed E-state index contributed by atoms with van der Waals surface area (Å²) < 4.78 is 27.2. The Kier molecular flexibility index (Phi) is 18.6. The van der Waals surface area contributed by atoms with Gasteiger partial charge in [0.15, 0.2) is 0 Å². The molecule has 38 heavy (non-hydrogen) atoms. The van der Waals surface area contributed by atoms with Crippen LogP contribution in [0.1, 0.15) is 109 Å². The number of halogens is 2. The van der Waals surface area contributed by atoms with Crippen molar-refractivity contribution in [1.29, 1.82) is 0 Å². The summed E-state index contributed by atoms with van der Waals surface area (Å²) in [7, 11) is 2.00. The van der Waals surface area contributed by atoms with Gasteiger partial charge in [0.2, 0.25) is 0 Å². The summed E-state index contributed by atoms with van der Waals surface area (Å²) in [5.74, 6) is 1.38. The maximum Gasteiger partial charge on any atom is 0.0708 e. The molecule has 0 aromatic heterocycles. The van der Waals surface area contributed by atoms with Crippen LogP contribution in [0.3, 0.4) is 0 Å². The van der Waals surface area contributed by atoms with E-state index in [9.17, 15) is 0 Å². The summed E-state index contributed by atoms with van der Waals surface area (Å²) >= 11 is 4.55. The average molecular weight is 768 g/mol. The van der Waals surface area contributed by atoms with E-state index in [1.165, 1.54) is 0 Å². The molecule has 3 N–H and O–H groups in total. The molecular weight excluding hydrogens is 704 g/mol. The third-order valence-electron chi connectivity index (χ3n) is 9.50. The van der Waals surface area contributed by atoms with Crippen LogP contribution in [-0.4, -0.2) is 61.8 Å². The lowest BCUT2D eigenvalue weighted by Gasteiger charge is -2.49. The second-order valence-corrected chi connectivity index (χ2v) is 14.1. The Morgan fingerprint density at radius 1 is 0.711 bits per heavy atom. The van der Waals surface area contributed by atoms with Gasteiger partial charge in [-0.1, -0.05) is 41.5 Å². The third-order valence-corrected chi connectivity index (χ3v) is 12.1. The molecule has 0 saturated carbocycles. The summed E-state index contributed by atoms with van der Waals surface area (Å²) in [5.41, 5.74) is -0.662. The molecule has 8 atom stereocenters. The molecular formula is C30H63I2N3O3. The van der Waals surface area contributed by atoms with Crippen LogP contribution in [0.4, 0.5) is 0 Å². The van der Waals surface area contributed by atoms with Crippen molar-refractivity contribution in [1.82, 2.24) is 12.4 Å². The van der Waals surface area contributed by atoms with Crippen molar-refractivity contribution >= 4 is 45.7 Å². The first-order valence-electron chi connectivity index (χ1n) is 14.8. The molecule has 0 bridgehead atoms. The van der Waals surface area contributed by atoms with E-state index in [0.717, 1.165) is 38.8 Å². The van der Waals surface area contributed by atoms with Crippen molar-refractivity contribution in [3.8, 4) is 0 Å². The van der Waals surface area contributed by atoms with Crippen LogP contribution in [-0.2, 0) is 14.2 Å². The highest BCUT2D eigenvalue weighted by atomic mass is 127. The Balaban J connectivity index is 6.08. The second kappa shape index (κ2) is 18.0. The quantitative estimate of drug-likeness (QED) is 0.0776. The molecule has 230 valence electrons. The fraction of sp³-hybridized carbons (Fsp3) is 1.00. The zero-order chi connectivity index (χ0) is 29.8. The molecule has 6 nitrogen and oxygen atoms in total. The summed E-state index contributed by atoms with van der Waals surface area (Å²) in [5, 5.41) is 3.26. The fourth-order valence-electron chi connectivity index (χ4n) is 4.80. The van der Waals surface area contributed by atoms with Gasteiger partial charge < -0.3 is 19.5 Å². The van der Waals surface area contributed by atoms with E-state index in [1.54, 1.807) is 0 Å². The SMILES string of the molecule is CCC(C)(NI)C(C)COC(C)(CC)C(CC(C)OCC(C)CNC)C(C)(CC)OCC(C)C(C)(C)NI. The van der Waals surface area contributed by atoms with Crippen LogP contribution in [0.2, 0.25) is 0 Å². The van der Waals surface area contributed by atoms with Crippen LogP contribution in [0.25, 0.3) is 0 Å². The van der Waals surface area contributed by atoms with Crippen molar-refractivity contribution in [2.24, 2.45) is 23.7 Å². The maximum atomic E-state index is 6.96. The molecule has 0 aliphatic carbocycles. The van der Waals surface area contributed by atoms with E-state index < -0.39 is 0 Å². The van der Waals surface area contributed by atoms with Gasteiger partial charge in [0, 0.05) is 62.7 Å². The lowest BCUT2D eigenvalue weighted by atomic mass is 9.71. The van der Waals surface area contributed by atoms with Crippen molar-refractivity contribution in [3.05, 3.63) is 0 Å². The fourth-order valence-corrected chi connectivity index (χ4v) is 6.25. The molecule has 0 saturated heterocycles. The highest BCUT2D eigenvalue weighted by Crippen LogP contribution is 2.43. The Labute approximate surface area is 265 Å². The Morgan fingerprint density at radius 2 is 1.21 bits per heavy atom. The van der Waals surface area contributed by atoms with Gasteiger partial charge >= 0.3 is 0 Å². The van der Waals surface area contributed by atoms with Gasteiger partial charge in [0.05, 0.1) is 37.1 Å². The highest BCUT2D eigenvalue weighted by Gasteiger charge is 2.48.